The van der Waals surface area contributed by atoms with Crippen molar-refractivity contribution in [1.29, 1.82) is 0 Å². The molecule has 1 fully saturated rings. The van der Waals surface area contributed by atoms with Gasteiger partial charge in [-0.3, -0.25) is 9.89 Å². The Hall–Kier alpha value is -3.75. The maximum Gasteiger partial charge on any atom is 0.376 e. The molecule has 0 amide bonds. The first-order valence-electron chi connectivity index (χ1n) is 12.3. The fraction of sp³-hybridized carbons (Fsp3) is 0.286. The van der Waals surface area contributed by atoms with Crippen LogP contribution in [0, 0.1) is 0 Å². The van der Waals surface area contributed by atoms with Gasteiger partial charge in [-0.2, -0.15) is 0 Å². The molecule has 37 heavy (non-hydrogen) atoms. The molecule has 188 valence electrons. The number of aliphatic imine (C=N–C) groups is 1. The van der Waals surface area contributed by atoms with Crippen molar-refractivity contribution >= 4 is 34.7 Å². The third kappa shape index (κ3) is 3.88. The van der Waals surface area contributed by atoms with E-state index in [2.05, 4.69) is 91.1 Å². The van der Waals surface area contributed by atoms with Gasteiger partial charge in [-0.25, -0.2) is 14.8 Å². The van der Waals surface area contributed by atoms with Gasteiger partial charge < -0.3 is 14.5 Å². The lowest BCUT2D eigenvalue weighted by Gasteiger charge is -2.40. The third-order valence-corrected chi connectivity index (χ3v) is 7.89. The number of esters is 1. The van der Waals surface area contributed by atoms with Crippen LogP contribution >= 0.6 is 11.6 Å². The van der Waals surface area contributed by atoms with E-state index < -0.39 is 5.97 Å². The monoisotopic (exact) mass is 514 g/mol. The van der Waals surface area contributed by atoms with Crippen LogP contribution in [0.5, 0.6) is 0 Å². The molecule has 2 unspecified atom stereocenters. The zero-order valence-corrected chi connectivity index (χ0v) is 21.5. The number of methoxy groups -OCH3 is 1. The lowest BCUT2D eigenvalue weighted by atomic mass is 9.78. The Bertz CT molecular complexity index is 1390. The first-order chi connectivity index (χ1) is 18.0. The van der Waals surface area contributed by atoms with Gasteiger partial charge in [-0.1, -0.05) is 48.1 Å². The summed E-state index contributed by atoms with van der Waals surface area (Å²) in [7, 11) is 3.44. The van der Waals surface area contributed by atoms with E-state index in [-0.39, 0.29) is 17.5 Å². The number of rotatable bonds is 4. The van der Waals surface area contributed by atoms with E-state index in [1.165, 1.54) is 12.7 Å². The molecule has 6 rings (SSSR count). The molecule has 0 saturated carbocycles. The average Bonchev–Trinajstić information content (AvgIpc) is 3.24. The van der Waals surface area contributed by atoms with Crippen molar-refractivity contribution in [3.63, 3.8) is 0 Å². The molecule has 9 heteroatoms. The number of hydrogen-bond donors (Lipinski definition) is 0. The summed E-state index contributed by atoms with van der Waals surface area (Å²) in [5.41, 5.74) is 4.92. The van der Waals surface area contributed by atoms with E-state index in [1.54, 1.807) is 12.4 Å². The Morgan fingerprint density at radius 2 is 1.76 bits per heavy atom. The van der Waals surface area contributed by atoms with Gasteiger partial charge in [-0.05, 0) is 36.9 Å². The fourth-order valence-electron chi connectivity index (χ4n) is 5.53. The van der Waals surface area contributed by atoms with Crippen molar-refractivity contribution in [2.24, 2.45) is 4.99 Å². The summed E-state index contributed by atoms with van der Waals surface area (Å²) in [6, 6.07) is 6.24. The summed E-state index contributed by atoms with van der Waals surface area (Å²) < 4.78 is 4.68. The van der Waals surface area contributed by atoms with E-state index in [0.717, 1.165) is 48.8 Å². The first-order valence-corrected chi connectivity index (χ1v) is 12.6. The number of halogens is 1. The van der Waals surface area contributed by atoms with Crippen LogP contribution < -0.4 is 9.80 Å². The number of benzene rings is 1. The second-order valence-corrected chi connectivity index (χ2v) is 9.81. The molecule has 2 aliphatic carbocycles. The van der Waals surface area contributed by atoms with Crippen LogP contribution in [0.3, 0.4) is 0 Å². The van der Waals surface area contributed by atoms with Crippen molar-refractivity contribution < 1.29 is 9.53 Å². The Morgan fingerprint density at radius 3 is 2.49 bits per heavy atom. The second kappa shape index (κ2) is 9.28. The van der Waals surface area contributed by atoms with Crippen LogP contribution in [-0.2, 0) is 4.74 Å². The van der Waals surface area contributed by atoms with Gasteiger partial charge in [0.25, 0.3) is 0 Å². The Morgan fingerprint density at radius 1 is 1.03 bits per heavy atom. The number of aromatic nitrogens is 2. The molecular weight excluding hydrogens is 488 g/mol. The molecule has 8 nitrogen and oxygen atoms in total. The quantitative estimate of drug-likeness (QED) is 0.571. The summed E-state index contributed by atoms with van der Waals surface area (Å²) in [6.45, 7) is 3.29. The highest BCUT2D eigenvalue weighted by atomic mass is 35.5. The van der Waals surface area contributed by atoms with E-state index >= 15 is 0 Å². The normalized spacial score (nSPS) is 24.5. The standard InChI is InChI=1S/C28H27ClN6O2/c1-33-26(32-24-8-5-7-19-6-3-4-11-28(19,24)33)22-16-20(9-10-23(22)29)34-12-14-35(15-13-34)21-17-30-25(31-18-21)27(36)37-2/h3-11,16-18,26H,12-15H2,1-2H3. The highest BCUT2D eigenvalue weighted by Gasteiger charge is 2.49. The number of likely N-dealkylation sites (N-methyl/N-ethyl adjacent to an activating group) is 1. The van der Waals surface area contributed by atoms with Gasteiger partial charge in [0.2, 0.25) is 5.82 Å². The third-order valence-electron chi connectivity index (χ3n) is 7.54. The number of allylic oxidation sites excluding steroid dienone is 4. The van der Waals surface area contributed by atoms with Crippen molar-refractivity contribution in [3.05, 3.63) is 95.1 Å². The number of nitrogens with zero attached hydrogens (tertiary/aromatic N) is 6. The van der Waals surface area contributed by atoms with E-state index in [0.29, 0.717) is 5.02 Å². The van der Waals surface area contributed by atoms with Crippen molar-refractivity contribution in [2.45, 2.75) is 11.7 Å². The Kier molecular flexibility index (Phi) is 5.93. The maximum absolute atomic E-state index is 11.6. The van der Waals surface area contributed by atoms with Gasteiger partial charge in [0.15, 0.2) is 0 Å². The average molecular weight is 515 g/mol. The highest BCUT2D eigenvalue weighted by molar-refractivity contribution is 6.31. The molecule has 0 radical (unpaired) electrons. The molecule has 3 heterocycles. The summed E-state index contributed by atoms with van der Waals surface area (Å²) in [5, 5.41) is 0.714. The van der Waals surface area contributed by atoms with Gasteiger partial charge in [0.1, 0.15) is 11.7 Å². The van der Waals surface area contributed by atoms with Crippen molar-refractivity contribution in [2.75, 3.05) is 50.1 Å². The summed E-state index contributed by atoms with van der Waals surface area (Å²) >= 11 is 6.77. The van der Waals surface area contributed by atoms with Crippen LogP contribution in [0.4, 0.5) is 11.4 Å². The molecule has 4 aliphatic rings. The van der Waals surface area contributed by atoms with Crippen LogP contribution in [0.15, 0.2) is 83.7 Å². The maximum atomic E-state index is 11.6. The summed E-state index contributed by atoms with van der Waals surface area (Å²) in [4.78, 5) is 31.9. The lowest BCUT2D eigenvalue weighted by Crippen LogP contribution is -2.49. The number of hydrogen-bond acceptors (Lipinski definition) is 8. The van der Waals surface area contributed by atoms with Crippen LogP contribution in [0.1, 0.15) is 22.3 Å². The predicted octanol–water partition coefficient (Wildman–Crippen LogP) is 3.99. The minimum atomic E-state index is -0.536. The number of carbonyl (C=O) groups excluding carboxylic acids is 1. The van der Waals surface area contributed by atoms with Crippen LogP contribution in [-0.4, -0.2) is 72.4 Å². The van der Waals surface area contributed by atoms with E-state index in [1.807, 2.05) is 6.07 Å². The molecule has 2 aliphatic heterocycles. The molecule has 1 saturated heterocycles. The van der Waals surface area contributed by atoms with Crippen molar-refractivity contribution in [3.8, 4) is 0 Å². The lowest BCUT2D eigenvalue weighted by molar-refractivity contribution is 0.0586. The fourth-order valence-corrected chi connectivity index (χ4v) is 5.74. The summed E-state index contributed by atoms with van der Waals surface area (Å²) in [6.07, 6.45) is 18.0. The molecular formula is C28H27ClN6O2. The molecule has 1 aromatic carbocycles. The van der Waals surface area contributed by atoms with Crippen LogP contribution in [0.25, 0.3) is 0 Å². The van der Waals surface area contributed by atoms with Gasteiger partial charge in [0, 0.05) is 42.5 Å². The van der Waals surface area contributed by atoms with E-state index in [9.17, 15) is 4.79 Å². The molecule has 1 spiro atoms. The molecule has 1 aromatic heterocycles. The number of ether oxygens (including phenoxy) is 1. The number of piperazine rings is 1. The van der Waals surface area contributed by atoms with Crippen LogP contribution in [0.2, 0.25) is 5.02 Å². The van der Waals surface area contributed by atoms with Gasteiger partial charge in [0.05, 0.1) is 30.9 Å². The molecule has 2 aromatic rings. The highest BCUT2D eigenvalue weighted by Crippen LogP contribution is 2.46. The number of anilines is 2. The second-order valence-electron chi connectivity index (χ2n) is 9.40. The van der Waals surface area contributed by atoms with Gasteiger partial charge in [-0.15, -0.1) is 0 Å². The zero-order valence-electron chi connectivity index (χ0n) is 20.7. The first kappa shape index (κ1) is 23.6. The largest absolute Gasteiger partial charge is 0.463 e. The number of carbonyl (C=O) groups is 1. The molecule has 0 N–H and O–H groups in total. The topological polar surface area (TPSA) is 74.2 Å². The predicted molar refractivity (Wildman–Crippen MR) is 145 cm³/mol. The minimum absolute atomic E-state index is 0.0660. The SMILES string of the molecule is COC(=O)c1ncc(N2CCN(c3ccc(Cl)c(C4N=C5C=CC=C6C=CC=CC65N4C)c3)CC2)cn1. The zero-order chi connectivity index (χ0) is 25.6. The van der Waals surface area contributed by atoms with Gasteiger partial charge >= 0.3 is 5.97 Å². The Labute approximate surface area is 220 Å². The summed E-state index contributed by atoms with van der Waals surface area (Å²) in [5.74, 6) is -0.470. The smallest absolute Gasteiger partial charge is 0.376 e. The Balaban J connectivity index is 1.20. The van der Waals surface area contributed by atoms with Crippen molar-refractivity contribution in [1.82, 2.24) is 14.9 Å². The minimum Gasteiger partial charge on any atom is -0.463 e. The molecule has 0 bridgehead atoms. The molecule has 2 atom stereocenters. The van der Waals surface area contributed by atoms with E-state index in [4.69, 9.17) is 16.6 Å².